The van der Waals surface area contributed by atoms with Gasteiger partial charge in [0.15, 0.2) is 0 Å². The number of thiophene rings is 1. The van der Waals surface area contributed by atoms with Crippen molar-refractivity contribution in [3.05, 3.63) is 22.4 Å². The number of hydrogen-bond donors (Lipinski definition) is 0. The molecule has 1 nitrogen and oxygen atoms in total. The SMILES string of the molecule is CN(C)C(=S)Cc1cccs1. The van der Waals surface area contributed by atoms with Crippen LogP contribution in [0.1, 0.15) is 4.88 Å². The minimum absolute atomic E-state index is 0.903. The Morgan fingerprint density at radius 1 is 1.64 bits per heavy atom. The van der Waals surface area contributed by atoms with Gasteiger partial charge < -0.3 is 4.90 Å². The van der Waals surface area contributed by atoms with Gasteiger partial charge in [-0.1, -0.05) is 18.3 Å². The third-order valence-corrected chi connectivity index (χ3v) is 2.79. The van der Waals surface area contributed by atoms with Crippen molar-refractivity contribution in [3.8, 4) is 0 Å². The lowest BCUT2D eigenvalue weighted by Gasteiger charge is -2.11. The van der Waals surface area contributed by atoms with E-state index in [2.05, 4.69) is 17.5 Å². The average molecular weight is 185 g/mol. The zero-order valence-corrected chi connectivity index (χ0v) is 8.34. The van der Waals surface area contributed by atoms with E-state index in [4.69, 9.17) is 12.2 Å². The topological polar surface area (TPSA) is 3.24 Å². The molecule has 0 fully saturated rings. The third-order valence-electron chi connectivity index (χ3n) is 1.40. The van der Waals surface area contributed by atoms with Crippen LogP contribution in [-0.4, -0.2) is 24.0 Å². The van der Waals surface area contributed by atoms with E-state index in [1.807, 2.05) is 19.0 Å². The molecule has 0 N–H and O–H groups in total. The van der Waals surface area contributed by atoms with Gasteiger partial charge in [-0.05, 0) is 11.4 Å². The monoisotopic (exact) mass is 185 g/mol. The molecule has 0 saturated carbocycles. The quantitative estimate of drug-likeness (QED) is 0.650. The Bertz CT molecular complexity index is 226. The third kappa shape index (κ3) is 2.60. The molecule has 0 spiro atoms. The maximum Gasteiger partial charge on any atom is 0.0826 e. The predicted octanol–water partition coefficient (Wildman–Crippen LogP) is 2.18. The zero-order chi connectivity index (χ0) is 8.27. The van der Waals surface area contributed by atoms with E-state index in [1.165, 1.54) is 4.88 Å². The van der Waals surface area contributed by atoms with E-state index >= 15 is 0 Å². The van der Waals surface area contributed by atoms with Gasteiger partial charge in [-0.3, -0.25) is 0 Å². The van der Waals surface area contributed by atoms with Gasteiger partial charge in [0.1, 0.15) is 0 Å². The number of likely N-dealkylation sites (N-methyl/N-ethyl adjacent to an activating group) is 1. The van der Waals surface area contributed by atoms with Gasteiger partial charge in [-0.15, -0.1) is 11.3 Å². The Hall–Kier alpha value is -0.410. The van der Waals surface area contributed by atoms with Crippen LogP contribution < -0.4 is 0 Å². The van der Waals surface area contributed by atoms with Crippen LogP contribution in [0.15, 0.2) is 17.5 Å². The van der Waals surface area contributed by atoms with Crippen LogP contribution in [0.4, 0.5) is 0 Å². The summed E-state index contributed by atoms with van der Waals surface area (Å²) in [6.07, 6.45) is 0.903. The van der Waals surface area contributed by atoms with Crippen molar-refractivity contribution >= 4 is 28.5 Å². The summed E-state index contributed by atoms with van der Waals surface area (Å²) in [7, 11) is 3.96. The lowest BCUT2D eigenvalue weighted by atomic mass is 10.3. The molecule has 1 aromatic rings. The van der Waals surface area contributed by atoms with Crippen molar-refractivity contribution in [1.29, 1.82) is 0 Å². The molecule has 0 saturated heterocycles. The lowest BCUT2D eigenvalue weighted by Crippen LogP contribution is -2.21. The van der Waals surface area contributed by atoms with Crippen molar-refractivity contribution in [1.82, 2.24) is 4.90 Å². The summed E-state index contributed by atoms with van der Waals surface area (Å²) >= 11 is 6.91. The molecule has 0 aromatic carbocycles. The molecule has 1 rings (SSSR count). The molecule has 0 unspecified atom stereocenters. The first-order chi connectivity index (χ1) is 5.20. The summed E-state index contributed by atoms with van der Waals surface area (Å²) in [5, 5.41) is 2.08. The van der Waals surface area contributed by atoms with E-state index in [0.29, 0.717) is 0 Å². The van der Waals surface area contributed by atoms with Crippen LogP contribution in [0.3, 0.4) is 0 Å². The maximum absolute atomic E-state index is 5.16. The van der Waals surface area contributed by atoms with Gasteiger partial charge in [-0.25, -0.2) is 0 Å². The predicted molar refractivity (Wildman–Crippen MR) is 54.3 cm³/mol. The molecule has 0 atom stereocenters. The summed E-state index contributed by atoms with van der Waals surface area (Å²) < 4.78 is 0. The van der Waals surface area contributed by atoms with Crippen molar-refractivity contribution in [2.75, 3.05) is 14.1 Å². The summed E-state index contributed by atoms with van der Waals surface area (Å²) in [5.41, 5.74) is 0. The highest BCUT2D eigenvalue weighted by atomic mass is 32.1. The molecule has 0 aliphatic rings. The van der Waals surface area contributed by atoms with Gasteiger partial charge in [0.05, 0.1) is 4.99 Å². The highest BCUT2D eigenvalue weighted by Crippen LogP contribution is 2.10. The first-order valence-corrected chi connectivity index (χ1v) is 4.71. The van der Waals surface area contributed by atoms with Crippen molar-refractivity contribution in [3.63, 3.8) is 0 Å². The molecule has 60 valence electrons. The normalized spacial score (nSPS) is 9.64. The largest absolute Gasteiger partial charge is 0.372 e. The van der Waals surface area contributed by atoms with Crippen LogP contribution in [0.2, 0.25) is 0 Å². The Morgan fingerprint density at radius 2 is 2.36 bits per heavy atom. The highest BCUT2D eigenvalue weighted by molar-refractivity contribution is 7.80. The first-order valence-electron chi connectivity index (χ1n) is 3.42. The molecule has 3 heteroatoms. The molecule has 0 bridgehead atoms. The van der Waals surface area contributed by atoms with Gasteiger partial charge in [0.2, 0.25) is 0 Å². The second-order valence-electron chi connectivity index (χ2n) is 2.54. The number of hydrogen-bond acceptors (Lipinski definition) is 2. The Labute approximate surface area is 76.7 Å². The molecular formula is C8H11NS2. The molecule has 11 heavy (non-hydrogen) atoms. The number of nitrogens with zero attached hydrogens (tertiary/aromatic N) is 1. The van der Waals surface area contributed by atoms with Crippen molar-refractivity contribution < 1.29 is 0 Å². The molecule has 1 heterocycles. The smallest absolute Gasteiger partial charge is 0.0826 e. The zero-order valence-electron chi connectivity index (χ0n) is 6.70. The number of thiocarbonyl (C=S) groups is 1. The summed E-state index contributed by atoms with van der Waals surface area (Å²) in [6, 6.07) is 4.17. The second kappa shape index (κ2) is 3.83. The van der Waals surface area contributed by atoms with E-state index < -0.39 is 0 Å². The molecule has 1 aromatic heterocycles. The molecule has 0 aliphatic heterocycles. The Balaban J connectivity index is 2.50. The Morgan fingerprint density at radius 3 is 2.82 bits per heavy atom. The highest BCUT2D eigenvalue weighted by Gasteiger charge is 2.00. The van der Waals surface area contributed by atoms with E-state index in [-0.39, 0.29) is 0 Å². The van der Waals surface area contributed by atoms with E-state index in [0.717, 1.165) is 11.4 Å². The molecule has 0 radical (unpaired) electrons. The maximum atomic E-state index is 5.16. The number of rotatable bonds is 2. The fourth-order valence-corrected chi connectivity index (χ4v) is 1.68. The van der Waals surface area contributed by atoms with E-state index in [9.17, 15) is 0 Å². The fraction of sp³-hybridized carbons (Fsp3) is 0.375. The first kappa shape index (κ1) is 8.68. The van der Waals surface area contributed by atoms with Gasteiger partial charge in [-0.2, -0.15) is 0 Å². The van der Waals surface area contributed by atoms with Crippen LogP contribution in [-0.2, 0) is 6.42 Å². The van der Waals surface area contributed by atoms with Gasteiger partial charge in [0, 0.05) is 25.4 Å². The summed E-state index contributed by atoms with van der Waals surface area (Å²) in [4.78, 5) is 4.31. The summed E-state index contributed by atoms with van der Waals surface area (Å²) in [6.45, 7) is 0. The van der Waals surface area contributed by atoms with Crippen LogP contribution in [0.25, 0.3) is 0 Å². The standard InChI is InChI=1S/C8H11NS2/c1-9(2)8(10)6-7-4-3-5-11-7/h3-5H,6H2,1-2H3. The fourth-order valence-electron chi connectivity index (χ4n) is 0.720. The molecule has 0 aliphatic carbocycles. The minimum atomic E-state index is 0.903. The Kier molecular flexibility index (Phi) is 3.02. The lowest BCUT2D eigenvalue weighted by molar-refractivity contribution is 0.625. The van der Waals surface area contributed by atoms with Gasteiger partial charge >= 0.3 is 0 Å². The van der Waals surface area contributed by atoms with Crippen LogP contribution in [0, 0.1) is 0 Å². The van der Waals surface area contributed by atoms with Crippen LogP contribution >= 0.6 is 23.6 Å². The van der Waals surface area contributed by atoms with E-state index in [1.54, 1.807) is 11.3 Å². The second-order valence-corrected chi connectivity index (χ2v) is 4.05. The minimum Gasteiger partial charge on any atom is -0.372 e. The van der Waals surface area contributed by atoms with Crippen molar-refractivity contribution in [2.24, 2.45) is 0 Å². The molecule has 0 amide bonds. The average Bonchev–Trinajstić information content (AvgIpc) is 2.39. The van der Waals surface area contributed by atoms with Gasteiger partial charge in [0.25, 0.3) is 0 Å². The van der Waals surface area contributed by atoms with Crippen LogP contribution in [0.5, 0.6) is 0 Å². The van der Waals surface area contributed by atoms with Crippen molar-refractivity contribution in [2.45, 2.75) is 6.42 Å². The molecular weight excluding hydrogens is 174 g/mol. The summed E-state index contributed by atoms with van der Waals surface area (Å²) in [5.74, 6) is 0.